The Morgan fingerprint density at radius 3 is 2.35 bits per heavy atom. The van der Waals surface area contributed by atoms with Crippen molar-refractivity contribution in [2.75, 3.05) is 18.5 Å². The van der Waals surface area contributed by atoms with E-state index in [1.165, 1.54) is 6.08 Å². The summed E-state index contributed by atoms with van der Waals surface area (Å²) in [5.41, 5.74) is 3.03. The molecule has 1 amide bonds. The Bertz CT molecular complexity index is 1290. The van der Waals surface area contributed by atoms with Gasteiger partial charge in [-0.3, -0.25) is 4.79 Å². The van der Waals surface area contributed by atoms with E-state index in [0.29, 0.717) is 54.7 Å². The maximum absolute atomic E-state index is 12.8. The highest BCUT2D eigenvalue weighted by Crippen LogP contribution is 2.35. The second-order valence-electron chi connectivity index (χ2n) is 7.93. The van der Waals surface area contributed by atoms with Gasteiger partial charge in [0.2, 0.25) is 0 Å². The zero-order valence-corrected chi connectivity index (χ0v) is 22.5. The molecule has 0 fully saturated rings. The van der Waals surface area contributed by atoms with Gasteiger partial charge in [0.15, 0.2) is 11.5 Å². The monoisotopic (exact) mass is 560 g/mol. The van der Waals surface area contributed by atoms with E-state index in [9.17, 15) is 10.1 Å². The van der Waals surface area contributed by atoms with Gasteiger partial charge in [0.05, 0.1) is 13.2 Å². The molecule has 7 heteroatoms. The van der Waals surface area contributed by atoms with Gasteiger partial charge in [-0.05, 0) is 86.0 Å². The van der Waals surface area contributed by atoms with Crippen molar-refractivity contribution < 1.29 is 19.0 Å². The van der Waals surface area contributed by atoms with Crippen LogP contribution in [0.5, 0.6) is 17.2 Å². The molecule has 0 aromatic heterocycles. The summed E-state index contributed by atoms with van der Waals surface area (Å²) < 4.78 is 18.5. The maximum Gasteiger partial charge on any atom is 0.266 e. The zero-order chi connectivity index (χ0) is 26.6. The molecule has 0 saturated heterocycles. The highest BCUT2D eigenvalue weighted by atomic mass is 79.9. The van der Waals surface area contributed by atoms with Crippen molar-refractivity contribution in [1.82, 2.24) is 0 Å². The number of benzene rings is 3. The average Bonchev–Trinajstić information content (AvgIpc) is 2.89. The van der Waals surface area contributed by atoms with Gasteiger partial charge in [0.1, 0.15) is 24.0 Å². The van der Waals surface area contributed by atoms with Crippen molar-refractivity contribution >= 4 is 33.6 Å². The Labute approximate surface area is 226 Å². The van der Waals surface area contributed by atoms with Gasteiger partial charge in [-0.15, -0.1) is 6.58 Å². The highest BCUT2D eigenvalue weighted by molar-refractivity contribution is 9.10. The lowest BCUT2D eigenvalue weighted by atomic mass is 10.0. The molecule has 0 aliphatic carbocycles. The van der Waals surface area contributed by atoms with Crippen molar-refractivity contribution in [3.8, 4) is 23.3 Å². The molecule has 0 saturated carbocycles. The number of hydrogen-bond acceptors (Lipinski definition) is 5. The Balaban J connectivity index is 1.87. The minimum Gasteiger partial charge on any atom is -0.494 e. The van der Waals surface area contributed by atoms with E-state index in [2.05, 4.69) is 27.8 Å². The second kappa shape index (κ2) is 13.9. The van der Waals surface area contributed by atoms with Crippen molar-refractivity contribution in [3.63, 3.8) is 0 Å². The van der Waals surface area contributed by atoms with Crippen LogP contribution in [0.1, 0.15) is 30.5 Å². The summed E-state index contributed by atoms with van der Waals surface area (Å²) in [7, 11) is 0. The lowest BCUT2D eigenvalue weighted by Crippen LogP contribution is -2.13. The minimum absolute atomic E-state index is 0.0376. The number of rotatable bonds is 12. The number of ether oxygens (including phenoxy) is 3. The molecule has 0 radical (unpaired) electrons. The van der Waals surface area contributed by atoms with Crippen LogP contribution < -0.4 is 19.5 Å². The van der Waals surface area contributed by atoms with Gasteiger partial charge in [-0.2, -0.15) is 5.26 Å². The molecule has 0 heterocycles. The van der Waals surface area contributed by atoms with Crippen LogP contribution in [0.15, 0.2) is 83.4 Å². The van der Waals surface area contributed by atoms with Gasteiger partial charge in [0.25, 0.3) is 5.91 Å². The van der Waals surface area contributed by atoms with Crippen LogP contribution in [0.25, 0.3) is 6.08 Å². The first-order valence-electron chi connectivity index (χ1n) is 11.9. The SMILES string of the molecule is C=CCc1cc(/C=C(/C#N)C(=O)Nc2ccc(OCC)cc2)cc(OCC)c1OCc1ccc(Br)cc1. The summed E-state index contributed by atoms with van der Waals surface area (Å²) in [4.78, 5) is 12.8. The van der Waals surface area contributed by atoms with Crippen LogP contribution in [-0.4, -0.2) is 19.1 Å². The second-order valence-corrected chi connectivity index (χ2v) is 8.85. The van der Waals surface area contributed by atoms with Crippen molar-refractivity contribution in [3.05, 3.63) is 100 Å². The number of allylic oxidation sites excluding steroid dienone is 1. The highest BCUT2D eigenvalue weighted by Gasteiger charge is 2.15. The first kappa shape index (κ1) is 27.6. The van der Waals surface area contributed by atoms with E-state index in [0.717, 1.165) is 15.6 Å². The van der Waals surface area contributed by atoms with Crippen LogP contribution in [0.4, 0.5) is 5.69 Å². The summed E-state index contributed by atoms with van der Waals surface area (Å²) in [5, 5.41) is 12.5. The maximum atomic E-state index is 12.8. The molecule has 37 heavy (non-hydrogen) atoms. The van der Waals surface area contributed by atoms with Gasteiger partial charge >= 0.3 is 0 Å². The zero-order valence-electron chi connectivity index (χ0n) is 20.9. The van der Waals surface area contributed by atoms with Crippen molar-refractivity contribution in [1.29, 1.82) is 5.26 Å². The third kappa shape index (κ3) is 7.99. The third-order valence-electron chi connectivity index (χ3n) is 5.21. The summed E-state index contributed by atoms with van der Waals surface area (Å²) in [6, 6.07) is 20.5. The molecule has 6 nitrogen and oxygen atoms in total. The summed E-state index contributed by atoms with van der Waals surface area (Å²) >= 11 is 3.44. The first-order valence-corrected chi connectivity index (χ1v) is 12.7. The fourth-order valence-electron chi connectivity index (χ4n) is 3.55. The first-order chi connectivity index (χ1) is 18.0. The van der Waals surface area contributed by atoms with Gasteiger partial charge in [0, 0.05) is 15.7 Å². The minimum atomic E-state index is -0.509. The Morgan fingerprint density at radius 1 is 1.03 bits per heavy atom. The molecule has 0 aliphatic rings. The average molecular weight is 561 g/mol. The number of hydrogen-bond donors (Lipinski definition) is 1. The summed E-state index contributed by atoms with van der Waals surface area (Å²) in [6.07, 6.45) is 3.84. The lowest BCUT2D eigenvalue weighted by Gasteiger charge is -2.17. The van der Waals surface area contributed by atoms with Crippen LogP contribution in [-0.2, 0) is 17.8 Å². The molecule has 3 rings (SSSR count). The molecule has 0 atom stereocenters. The Hall–Kier alpha value is -4.02. The smallest absolute Gasteiger partial charge is 0.266 e. The standard InChI is InChI=1S/C30H29BrN2O4/c1-4-7-23-16-22(17-24(19-32)30(34)33-26-12-14-27(15-13-26)35-5-2)18-28(36-6-3)29(23)37-20-21-8-10-25(31)11-9-21/h4,8-18H,1,5-7,20H2,2-3H3,(H,33,34)/b24-17-. The normalized spacial score (nSPS) is 10.8. The van der Waals surface area contributed by atoms with Gasteiger partial charge < -0.3 is 19.5 Å². The molecule has 1 N–H and O–H groups in total. The van der Waals surface area contributed by atoms with E-state index in [1.54, 1.807) is 36.4 Å². The number of carbonyl (C=O) groups excluding carboxylic acids is 1. The number of halogens is 1. The van der Waals surface area contributed by atoms with Crippen LogP contribution in [0.3, 0.4) is 0 Å². The third-order valence-corrected chi connectivity index (χ3v) is 5.74. The number of amides is 1. The number of nitrogens with zero attached hydrogens (tertiary/aromatic N) is 1. The van der Waals surface area contributed by atoms with E-state index in [1.807, 2.05) is 50.2 Å². The quantitative estimate of drug-likeness (QED) is 0.145. The molecule has 190 valence electrons. The van der Waals surface area contributed by atoms with Crippen molar-refractivity contribution in [2.45, 2.75) is 26.9 Å². The summed E-state index contributed by atoms with van der Waals surface area (Å²) in [5.74, 6) is 1.34. The molecular weight excluding hydrogens is 532 g/mol. The predicted molar refractivity (Wildman–Crippen MR) is 150 cm³/mol. The molecule has 3 aromatic carbocycles. The number of nitriles is 1. The molecule has 0 aliphatic heterocycles. The van der Waals surface area contributed by atoms with E-state index >= 15 is 0 Å². The molecule has 3 aromatic rings. The predicted octanol–water partition coefficient (Wildman–Crippen LogP) is 7.10. The van der Waals surface area contributed by atoms with E-state index in [4.69, 9.17) is 14.2 Å². The van der Waals surface area contributed by atoms with E-state index < -0.39 is 5.91 Å². The molecule has 0 unspecified atom stereocenters. The fraction of sp³-hybridized carbons (Fsp3) is 0.200. The molecule has 0 bridgehead atoms. The number of anilines is 1. The van der Waals surface area contributed by atoms with E-state index in [-0.39, 0.29) is 5.57 Å². The number of nitrogens with one attached hydrogen (secondary N) is 1. The molecule has 0 spiro atoms. The van der Waals surface area contributed by atoms with Crippen molar-refractivity contribution in [2.24, 2.45) is 0 Å². The van der Waals surface area contributed by atoms with Crippen LogP contribution in [0.2, 0.25) is 0 Å². The summed E-state index contributed by atoms with van der Waals surface area (Å²) in [6.45, 7) is 8.99. The van der Waals surface area contributed by atoms with Crippen LogP contribution >= 0.6 is 15.9 Å². The van der Waals surface area contributed by atoms with Gasteiger partial charge in [-0.1, -0.05) is 34.1 Å². The fourth-order valence-corrected chi connectivity index (χ4v) is 3.82. The Morgan fingerprint density at radius 2 is 1.73 bits per heavy atom. The van der Waals surface area contributed by atoms with Crippen LogP contribution in [0, 0.1) is 11.3 Å². The largest absolute Gasteiger partial charge is 0.494 e. The van der Waals surface area contributed by atoms with Gasteiger partial charge in [-0.25, -0.2) is 0 Å². The molecular formula is C30H29BrN2O4. The lowest BCUT2D eigenvalue weighted by molar-refractivity contribution is -0.112. The number of carbonyl (C=O) groups is 1. The topological polar surface area (TPSA) is 80.6 Å². The Kier molecular flexibility index (Phi) is 10.4.